The van der Waals surface area contributed by atoms with Crippen molar-refractivity contribution in [3.05, 3.63) is 49.3 Å². The SMILES string of the molecule is CCc1c(C)sc(NC(=S)Nc2cc([N+](=O)[O-])ccc2Cl)c1C(=O)OC. The van der Waals surface area contributed by atoms with Gasteiger partial charge in [-0.05, 0) is 37.2 Å². The predicted octanol–water partition coefficient (Wildman–Crippen LogP) is 4.78. The molecule has 0 aliphatic carbocycles. The van der Waals surface area contributed by atoms with Crippen molar-refractivity contribution in [2.45, 2.75) is 20.3 Å². The number of benzene rings is 1. The molecule has 1 heterocycles. The van der Waals surface area contributed by atoms with Gasteiger partial charge in [-0.15, -0.1) is 11.3 Å². The number of nitro groups is 1. The molecule has 0 saturated heterocycles. The smallest absolute Gasteiger partial charge is 0.341 e. The summed E-state index contributed by atoms with van der Waals surface area (Å²) in [6, 6.07) is 4.00. The van der Waals surface area contributed by atoms with Crippen molar-refractivity contribution in [3.63, 3.8) is 0 Å². The van der Waals surface area contributed by atoms with Crippen molar-refractivity contribution in [1.29, 1.82) is 0 Å². The number of methoxy groups -OCH3 is 1. The van der Waals surface area contributed by atoms with E-state index in [-0.39, 0.29) is 15.8 Å². The fourth-order valence-electron chi connectivity index (χ4n) is 2.39. The van der Waals surface area contributed by atoms with Gasteiger partial charge < -0.3 is 15.4 Å². The Labute approximate surface area is 164 Å². The summed E-state index contributed by atoms with van der Waals surface area (Å²) in [5.74, 6) is -0.454. The van der Waals surface area contributed by atoms with E-state index in [0.29, 0.717) is 22.7 Å². The van der Waals surface area contributed by atoms with Gasteiger partial charge in [0, 0.05) is 17.0 Å². The van der Waals surface area contributed by atoms with Crippen LogP contribution in [0.5, 0.6) is 0 Å². The van der Waals surface area contributed by atoms with Crippen molar-refractivity contribution < 1.29 is 14.5 Å². The third-order valence-corrected chi connectivity index (χ3v) is 5.18. The molecule has 1 aromatic heterocycles. The number of thiophene rings is 1. The van der Waals surface area contributed by atoms with Crippen LogP contribution in [-0.2, 0) is 11.2 Å². The first kappa shape index (κ1) is 20.1. The first-order valence-corrected chi connectivity index (χ1v) is 9.11. The third kappa shape index (κ3) is 4.29. The van der Waals surface area contributed by atoms with Crippen LogP contribution < -0.4 is 10.6 Å². The van der Waals surface area contributed by atoms with Crippen molar-refractivity contribution in [2.75, 3.05) is 17.7 Å². The number of non-ortho nitro benzene ring substituents is 1. The Bertz CT molecular complexity index is 883. The van der Waals surface area contributed by atoms with E-state index in [1.54, 1.807) is 0 Å². The van der Waals surface area contributed by atoms with E-state index in [1.807, 2.05) is 13.8 Å². The number of nitro benzene ring substituents is 1. The summed E-state index contributed by atoms with van der Waals surface area (Å²) >= 11 is 12.7. The summed E-state index contributed by atoms with van der Waals surface area (Å²) in [5.41, 5.74) is 1.50. The highest BCUT2D eigenvalue weighted by molar-refractivity contribution is 7.80. The molecule has 10 heteroatoms. The molecule has 0 atom stereocenters. The molecule has 26 heavy (non-hydrogen) atoms. The molecule has 2 aromatic rings. The van der Waals surface area contributed by atoms with Crippen molar-refractivity contribution in [1.82, 2.24) is 0 Å². The average Bonchev–Trinajstić information content (AvgIpc) is 2.90. The number of halogens is 1. The highest BCUT2D eigenvalue weighted by Crippen LogP contribution is 2.34. The minimum Gasteiger partial charge on any atom is -0.465 e. The van der Waals surface area contributed by atoms with E-state index >= 15 is 0 Å². The van der Waals surface area contributed by atoms with E-state index in [1.165, 1.54) is 36.6 Å². The zero-order valence-corrected chi connectivity index (χ0v) is 16.6. The van der Waals surface area contributed by atoms with Crippen LogP contribution in [0.1, 0.15) is 27.7 Å². The molecule has 7 nitrogen and oxygen atoms in total. The van der Waals surface area contributed by atoms with Gasteiger partial charge in [0.2, 0.25) is 0 Å². The number of carbonyl (C=O) groups is 1. The fraction of sp³-hybridized carbons (Fsp3) is 0.250. The Morgan fingerprint density at radius 2 is 2.12 bits per heavy atom. The molecule has 0 saturated carbocycles. The number of hydrogen-bond donors (Lipinski definition) is 2. The molecule has 1 aromatic carbocycles. The Morgan fingerprint density at radius 3 is 2.69 bits per heavy atom. The molecule has 0 aliphatic heterocycles. The van der Waals surface area contributed by atoms with E-state index in [2.05, 4.69) is 10.6 Å². The number of esters is 1. The number of carbonyl (C=O) groups excluding carboxylic acids is 1. The molecule has 0 fully saturated rings. The van der Waals surface area contributed by atoms with Crippen LogP contribution in [0.2, 0.25) is 5.02 Å². The molecule has 2 rings (SSSR count). The van der Waals surface area contributed by atoms with Gasteiger partial charge in [-0.1, -0.05) is 18.5 Å². The van der Waals surface area contributed by atoms with Crippen LogP contribution in [-0.4, -0.2) is 23.1 Å². The van der Waals surface area contributed by atoms with Crippen molar-refractivity contribution >= 4 is 62.6 Å². The normalized spacial score (nSPS) is 10.3. The molecule has 2 N–H and O–H groups in total. The zero-order valence-electron chi connectivity index (χ0n) is 14.2. The zero-order chi connectivity index (χ0) is 19.4. The Hall–Kier alpha value is -2.23. The summed E-state index contributed by atoms with van der Waals surface area (Å²) in [6.07, 6.45) is 0.672. The summed E-state index contributed by atoms with van der Waals surface area (Å²) in [4.78, 5) is 23.5. The second kappa shape index (κ2) is 8.43. The molecule has 0 unspecified atom stereocenters. The fourth-order valence-corrected chi connectivity index (χ4v) is 3.97. The average molecular weight is 414 g/mol. The molecule has 0 aliphatic rings. The minimum absolute atomic E-state index is 0.116. The molecule has 138 valence electrons. The summed E-state index contributed by atoms with van der Waals surface area (Å²) < 4.78 is 4.86. The van der Waals surface area contributed by atoms with Gasteiger partial charge >= 0.3 is 5.97 Å². The van der Waals surface area contributed by atoms with E-state index in [9.17, 15) is 14.9 Å². The Balaban J connectivity index is 2.27. The Kier molecular flexibility index (Phi) is 6.52. The quantitative estimate of drug-likeness (QED) is 0.315. The molecule has 0 bridgehead atoms. The van der Waals surface area contributed by atoms with E-state index in [4.69, 9.17) is 28.6 Å². The third-order valence-electron chi connectivity index (χ3n) is 3.59. The van der Waals surface area contributed by atoms with Gasteiger partial charge in [0.05, 0.1) is 28.3 Å². The Morgan fingerprint density at radius 1 is 1.42 bits per heavy atom. The molecule has 0 spiro atoms. The maximum absolute atomic E-state index is 12.1. The monoisotopic (exact) mass is 413 g/mol. The maximum Gasteiger partial charge on any atom is 0.341 e. The number of anilines is 2. The molecular formula is C16H16ClN3O4S2. The van der Waals surface area contributed by atoms with E-state index in [0.717, 1.165) is 10.4 Å². The first-order valence-electron chi connectivity index (χ1n) is 7.51. The number of ether oxygens (including phenoxy) is 1. The highest BCUT2D eigenvalue weighted by atomic mass is 35.5. The summed E-state index contributed by atoms with van der Waals surface area (Å²) in [6.45, 7) is 3.86. The number of rotatable bonds is 5. The summed E-state index contributed by atoms with van der Waals surface area (Å²) in [7, 11) is 1.32. The number of aryl methyl sites for hydroxylation is 1. The number of thiocarbonyl (C=S) groups is 1. The van der Waals surface area contributed by atoms with Gasteiger partial charge in [0.1, 0.15) is 5.00 Å². The predicted molar refractivity (Wildman–Crippen MR) is 108 cm³/mol. The van der Waals surface area contributed by atoms with Crippen molar-refractivity contribution in [2.24, 2.45) is 0 Å². The lowest BCUT2D eigenvalue weighted by Crippen LogP contribution is -2.20. The van der Waals surface area contributed by atoms with Gasteiger partial charge in [-0.3, -0.25) is 10.1 Å². The largest absolute Gasteiger partial charge is 0.465 e. The number of nitrogens with one attached hydrogen (secondary N) is 2. The van der Waals surface area contributed by atoms with Crippen LogP contribution in [0.4, 0.5) is 16.4 Å². The van der Waals surface area contributed by atoms with Gasteiger partial charge in [0.15, 0.2) is 5.11 Å². The van der Waals surface area contributed by atoms with Gasteiger partial charge in [0.25, 0.3) is 5.69 Å². The lowest BCUT2D eigenvalue weighted by molar-refractivity contribution is -0.384. The molecule has 0 radical (unpaired) electrons. The van der Waals surface area contributed by atoms with Gasteiger partial charge in [-0.25, -0.2) is 4.79 Å². The van der Waals surface area contributed by atoms with Crippen molar-refractivity contribution in [3.8, 4) is 0 Å². The van der Waals surface area contributed by atoms with Crippen LogP contribution in [0.15, 0.2) is 18.2 Å². The van der Waals surface area contributed by atoms with Gasteiger partial charge in [-0.2, -0.15) is 0 Å². The minimum atomic E-state index is -0.524. The highest BCUT2D eigenvalue weighted by Gasteiger charge is 2.22. The van der Waals surface area contributed by atoms with E-state index < -0.39 is 10.9 Å². The second-order valence-electron chi connectivity index (χ2n) is 5.19. The van der Waals surface area contributed by atoms with Crippen LogP contribution in [0.3, 0.4) is 0 Å². The first-order chi connectivity index (χ1) is 12.3. The van der Waals surface area contributed by atoms with Crippen LogP contribution >= 0.6 is 35.2 Å². The second-order valence-corrected chi connectivity index (χ2v) is 7.23. The topological polar surface area (TPSA) is 93.5 Å². The molecular weight excluding hydrogens is 398 g/mol. The van der Waals surface area contributed by atoms with Crippen LogP contribution in [0, 0.1) is 17.0 Å². The lowest BCUT2D eigenvalue weighted by Gasteiger charge is -2.12. The summed E-state index contributed by atoms with van der Waals surface area (Å²) in [5, 5.41) is 17.7. The standard InChI is InChI=1S/C16H16ClN3O4S2/c1-4-10-8(2)26-14(13(10)15(21)24-3)19-16(25)18-12-7-9(20(22)23)5-6-11(12)17/h5-7H,4H2,1-3H3,(H2,18,19,25). The number of nitrogens with zero attached hydrogens (tertiary/aromatic N) is 1. The lowest BCUT2D eigenvalue weighted by atomic mass is 10.1. The number of hydrogen-bond acceptors (Lipinski definition) is 6. The van der Waals surface area contributed by atoms with Crippen LogP contribution in [0.25, 0.3) is 0 Å². The molecule has 0 amide bonds. The maximum atomic E-state index is 12.1.